The first kappa shape index (κ1) is 12.7. The predicted molar refractivity (Wildman–Crippen MR) is 71.2 cm³/mol. The van der Waals surface area contributed by atoms with Gasteiger partial charge in [-0.2, -0.15) is 0 Å². The number of carbonyl (C=O) groups is 2. The molecule has 0 aliphatic rings. The minimum Gasteiger partial charge on any atom is -0.478 e. The average molecular weight is 327 g/mol. The number of thiazole rings is 1. The third-order valence-electron chi connectivity index (χ3n) is 2.12. The summed E-state index contributed by atoms with van der Waals surface area (Å²) in [7, 11) is 0. The SMILES string of the molecule is O=C(O)c1ccc(Br)c(NC(=O)c2cncs2)c1. The molecule has 0 radical (unpaired) electrons. The molecule has 0 atom stereocenters. The third kappa shape index (κ3) is 2.74. The molecule has 0 saturated carbocycles. The number of aromatic carboxylic acids is 1. The summed E-state index contributed by atoms with van der Waals surface area (Å²) in [5, 5.41) is 11.5. The van der Waals surface area contributed by atoms with E-state index in [-0.39, 0.29) is 11.5 Å². The van der Waals surface area contributed by atoms with Crippen molar-refractivity contribution in [3.05, 3.63) is 44.8 Å². The molecule has 92 valence electrons. The zero-order chi connectivity index (χ0) is 13.1. The normalized spacial score (nSPS) is 10.1. The number of rotatable bonds is 3. The number of benzene rings is 1. The molecule has 1 aromatic heterocycles. The second kappa shape index (κ2) is 5.28. The highest BCUT2D eigenvalue weighted by Crippen LogP contribution is 2.24. The van der Waals surface area contributed by atoms with Crippen LogP contribution in [0.3, 0.4) is 0 Å². The Labute approximate surface area is 115 Å². The van der Waals surface area contributed by atoms with Crippen molar-refractivity contribution in [1.29, 1.82) is 0 Å². The summed E-state index contributed by atoms with van der Waals surface area (Å²) in [4.78, 5) is 26.9. The number of amides is 1. The summed E-state index contributed by atoms with van der Waals surface area (Å²) in [5.74, 6) is -1.36. The summed E-state index contributed by atoms with van der Waals surface area (Å²) in [6.07, 6.45) is 1.45. The minimum absolute atomic E-state index is 0.109. The fourth-order valence-electron chi connectivity index (χ4n) is 1.27. The first-order chi connectivity index (χ1) is 8.58. The predicted octanol–water partition coefficient (Wildman–Crippen LogP) is 2.86. The number of carbonyl (C=O) groups excluding carboxylic acids is 1. The maximum atomic E-state index is 11.8. The Kier molecular flexibility index (Phi) is 3.73. The number of carboxylic acid groups (broad SMARTS) is 1. The second-order valence-corrected chi connectivity index (χ2v) is 5.06. The molecule has 1 amide bonds. The molecule has 2 N–H and O–H groups in total. The largest absolute Gasteiger partial charge is 0.478 e. The van der Waals surface area contributed by atoms with Crippen LogP contribution >= 0.6 is 27.3 Å². The molecule has 18 heavy (non-hydrogen) atoms. The molecule has 1 aromatic carbocycles. The van der Waals surface area contributed by atoms with E-state index in [1.54, 1.807) is 11.6 Å². The Morgan fingerprint density at radius 1 is 1.39 bits per heavy atom. The number of carboxylic acids is 1. The first-order valence-electron chi connectivity index (χ1n) is 4.80. The van der Waals surface area contributed by atoms with Crippen LogP contribution in [-0.4, -0.2) is 22.0 Å². The summed E-state index contributed by atoms with van der Waals surface area (Å²) >= 11 is 4.46. The minimum atomic E-state index is -1.05. The van der Waals surface area contributed by atoms with Gasteiger partial charge in [0, 0.05) is 4.47 Å². The van der Waals surface area contributed by atoms with E-state index in [1.165, 1.54) is 29.7 Å². The van der Waals surface area contributed by atoms with Gasteiger partial charge in [0.2, 0.25) is 0 Å². The average Bonchev–Trinajstić information content (AvgIpc) is 2.85. The molecule has 0 aliphatic carbocycles. The van der Waals surface area contributed by atoms with Crippen LogP contribution in [0.15, 0.2) is 34.4 Å². The van der Waals surface area contributed by atoms with Gasteiger partial charge in [-0.1, -0.05) is 0 Å². The Balaban J connectivity index is 2.26. The van der Waals surface area contributed by atoms with Crippen LogP contribution in [0.25, 0.3) is 0 Å². The molecule has 0 spiro atoms. The van der Waals surface area contributed by atoms with Crippen LogP contribution in [0.2, 0.25) is 0 Å². The first-order valence-corrected chi connectivity index (χ1v) is 6.48. The number of hydrogen-bond donors (Lipinski definition) is 2. The van der Waals surface area contributed by atoms with E-state index in [1.807, 2.05) is 0 Å². The van der Waals surface area contributed by atoms with Gasteiger partial charge in [-0.3, -0.25) is 9.78 Å². The van der Waals surface area contributed by atoms with Crippen LogP contribution in [0.1, 0.15) is 20.0 Å². The van der Waals surface area contributed by atoms with E-state index in [0.717, 1.165) is 0 Å². The van der Waals surface area contributed by atoms with Crippen molar-refractivity contribution in [2.24, 2.45) is 0 Å². The molecule has 0 unspecified atom stereocenters. The summed E-state index contributed by atoms with van der Waals surface area (Å²) < 4.78 is 0.616. The zero-order valence-electron chi connectivity index (χ0n) is 8.88. The highest BCUT2D eigenvalue weighted by Gasteiger charge is 2.12. The van der Waals surface area contributed by atoms with Gasteiger partial charge in [0.15, 0.2) is 0 Å². The van der Waals surface area contributed by atoms with Crippen molar-refractivity contribution in [3.63, 3.8) is 0 Å². The highest BCUT2D eigenvalue weighted by molar-refractivity contribution is 9.10. The van der Waals surface area contributed by atoms with Gasteiger partial charge in [-0.15, -0.1) is 11.3 Å². The molecule has 2 aromatic rings. The van der Waals surface area contributed by atoms with Crippen molar-refractivity contribution < 1.29 is 14.7 Å². The molecule has 0 fully saturated rings. The van der Waals surface area contributed by atoms with Crippen LogP contribution in [0.4, 0.5) is 5.69 Å². The number of halogens is 1. The summed E-state index contributed by atoms with van der Waals surface area (Å²) in [5.41, 5.74) is 2.07. The van der Waals surface area contributed by atoms with E-state index >= 15 is 0 Å². The van der Waals surface area contributed by atoms with Gasteiger partial charge < -0.3 is 10.4 Å². The Morgan fingerprint density at radius 2 is 2.17 bits per heavy atom. The highest BCUT2D eigenvalue weighted by atomic mass is 79.9. The Morgan fingerprint density at radius 3 is 2.78 bits per heavy atom. The fraction of sp³-hybridized carbons (Fsp3) is 0. The van der Waals surface area contributed by atoms with Gasteiger partial charge in [0.05, 0.1) is 23.0 Å². The van der Waals surface area contributed by atoms with Gasteiger partial charge in [0.25, 0.3) is 5.91 Å². The Bertz CT molecular complexity index is 598. The van der Waals surface area contributed by atoms with Crippen LogP contribution in [0, 0.1) is 0 Å². The summed E-state index contributed by atoms with van der Waals surface area (Å²) in [6.45, 7) is 0. The quantitative estimate of drug-likeness (QED) is 0.908. The van der Waals surface area contributed by atoms with Crippen molar-refractivity contribution >= 4 is 44.8 Å². The zero-order valence-corrected chi connectivity index (χ0v) is 11.3. The molecule has 1 heterocycles. The van der Waals surface area contributed by atoms with Crippen molar-refractivity contribution in [1.82, 2.24) is 4.98 Å². The molecular formula is C11H7BrN2O3S. The van der Waals surface area contributed by atoms with E-state index in [0.29, 0.717) is 15.0 Å². The standard InChI is InChI=1S/C11H7BrN2O3S/c12-7-2-1-6(11(16)17)3-8(7)14-10(15)9-4-13-5-18-9/h1-5H,(H,14,15)(H,16,17). The van der Waals surface area contributed by atoms with Crippen molar-refractivity contribution in [3.8, 4) is 0 Å². The molecule has 0 saturated heterocycles. The fourth-order valence-corrected chi connectivity index (χ4v) is 2.13. The molecular weight excluding hydrogens is 320 g/mol. The van der Waals surface area contributed by atoms with E-state index < -0.39 is 5.97 Å². The Hall–Kier alpha value is -1.73. The molecule has 7 heteroatoms. The molecule has 0 aliphatic heterocycles. The van der Waals surface area contributed by atoms with E-state index in [4.69, 9.17) is 5.11 Å². The van der Waals surface area contributed by atoms with Crippen LogP contribution in [0.5, 0.6) is 0 Å². The third-order valence-corrected chi connectivity index (χ3v) is 3.58. The van der Waals surface area contributed by atoms with Crippen molar-refractivity contribution in [2.75, 3.05) is 5.32 Å². The number of hydrogen-bond acceptors (Lipinski definition) is 4. The van der Waals surface area contributed by atoms with Crippen LogP contribution in [-0.2, 0) is 0 Å². The monoisotopic (exact) mass is 326 g/mol. The topological polar surface area (TPSA) is 79.3 Å². The lowest BCUT2D eigenvalue weighted by atomic mass is 10.2. The maximum absolute atomic E-state index is 11.8. The van der Waals surface area contributed by atoms with E-state index in [2.05, 4.69) is 26.2 Å². The van der Waals surface area contributed by atoms with Gasteiger partial charge in [-0.25, -0.2) is 4.79 Å². The van der Waals surface area contributed by atoms with E-state index in [9.17, 15) is 9.59 Å². The number of anilines is 1. The number of aromatic nitrogens is 1. The number of nitrogens with one attached hydrogen (secondary N) is 1. The molecule has 0 bridgehead atoms. The smallest absolute Gasteiger partial charge is 0.335 e. The lowest BCUT2D eigenvalue weighted by molar-refractivity contribution is 0.0696. The van der Waals surface area contributed by atoms with Gasteiger partial charge >= 0.3 is 5.97 Å². The van der Waals surface area contributed by atoms with Gasteiger partial charge in [-0.05, 0) is 34.1 Å². The van der Waals surface area contributed by atoms with Crippen LogP contribution < -0.4 is 5.32 Å². The lowest BCUT2D eigenvalue weighted by Gasteiger charge is -2.07. The summed E-state index contributed by atoms with van der Waals surface area (Å²) in [6, 6.07) is 4.42. The maximum Gasteiger partial charge on any atom is 0.335 e. The lowest BCUT2D eigenvalue weighted by Crippen LogP contribution is -2.11. The van der Waals surface area contributed by atoms with Gasteiger partial charge in [0.1, 0.15) is 4.88 Å². The molecule has 2 rings (SSSR count). The number of nitrogens with zero attached hydrogens (tertiary/aromatic N) is 1. The van der Waals surface area contributed by atoms with Crippen molar-refractivity contribution in [2.45, 2.75) is 0 Å². The second-order valence-electron chi connectivity index (χ2n) is 3.32. The molecule has 5 nitrogen and oxygen atoms in total.